The predicted octanol–water partition coefficient (Wildman–Crippen LogP) is 12.4. The van der Waals surface area contributed by atoms with Crippen molar-refractivity contribution in [1.29, 1.82) is 0 Å². The van der Waals surface area contributed by atoms with Crippen molar-refractivity contribution in [1.82, 2.24) is 0 Å². The first kappa shape index (κ1) is 34.2. The Morgan fingerprint density at radius 2 is 0.529 bits per heavy atom. The van der Waals surface area contributed by atoms with Gasteiger partial charge < -0.3 is 4.43 Å². The molecular weight excluding hydrogens is 428 g/mol. The van der Waals surface area contributed by atoms with Crippen LogP contribution in [0.15, 0.2) is 0 Å². The lowest BCUT2D eigenvalue weighted by Gasteiger charge is -2.16. The summed E-state index contributed by atoms with van der Waals surface area (Å²) in [5.41, 5.74) is 0. The van der Waals surface area contributed by atoms with Crippen molar-refractivity contribution in [2.75, 3.05) is 6.61 Å². The fourth-order valence-corrected chi connectivity index (χ4v) is 5.73. The summed E-state index contributed by atoms with van der Waals surface area (Å²) < 4.78 is 5.93. The van der Waals surface area contributed by atoms with Crippen LogP contribution in [0.2, 0.25) is 19.6 Å². The van der Waals surface area contributed by atoms with E-state index >= 15 is 0 Å². The largest absolute Gasteiger partial charge is 0.418 e. The lowest BCUT2D eigenvalue weighted by molar-refractivity contribution is 0.298. The highest BCUT2D eigenvalue weighted by atomic mass is 28.4. The first-order valence-electron chi connectivity index (χ1n) is 16.2. The zero-order valence-electron chi connectivity index (χ0n) is 24.7. The smallest absolute Gasteiger partial charge is 0.183 e. The Morgan fingerprint density at radius 1 is 0.324 bits per heavy atom. The monoisotopic (exact) mass is 497 g/mol. The molecule has 0 aliphatic heterocycles. The molecule has 0 atom stereocenters. The van der Waals surface area contributed by atoms with Gasteiger partial charge in [-0.1, -0.05) is 174 Å². The standard InChI is InChI=1S/C32H68OSi/c1-5-6-7-8-9-10-11-12-13-14-15-16-17-18-19-20-21-22-23-24-25-26-27-28-29-30-31-32-33-34(2,3)4/h5-32H2,1-4H3. The molecule has 0 saturated heterocycles. The summed E-state index contributed by atoms with van der Waals surface area (Å²) in [6.45, 7) is 10.2. The summed E-state index contributed by atoms with van der Waals surface area (Å²) in [4.78, 5) is 0. The number of hydrogen-bond acceptors (Lipinski definition) is 1. The molecule has 0 bridgehead atoms. The molecule has 2 heteroatoms. The molecule has 34 heavy (non-hydrogen) atoms. The first-order valence-corrected chi connectivity index (χ1v) is 19.6. The zero-order valence-corrected chi connectivity index (χ0v) is 25.7. The third-order valence-electron chi connectivity index (χ3n) is 7.28. The molecule has 0 rings (SSSR count). The second-order valence-corrected chi connectivity index (χ2v) is 16.7. The highest BCUT2D eigenvalue weighted by Gasteiger charge is 2.12. The van der Waals surface area contributed by atoms with E-state index in [1.807, 2.05) is 0 Å². The molecule has 0 aromatic rings. The fourth-order valence-electron chi connectivity index (χ4n) is 4.97. The van der Waals surface area contributed by atoms with Gasteiger partial charge in [-0.15, -0.1) is 0 Å². The summed E-state index contributed by atoms with van der Waals surface area (Å²) in [5, 5.41) is 0. The van der Waals surface area contributed by atoms with Crippen LogP contribution in [0.25, 0.3) is 0 Å². The van der Waals surface area contributed by atoms with E-state index in [0.29, 0.717) is 0 Å². The van der Waals surface area contributed by atoms with Crippen LogP contribution in [0.5, 0.6) is 0 Å². The van der Waals surface area contributed by atoms with E-state index < -0.39 is 8.32 Å². The van der Waals surface area contributed by atoms with Crippen molar-refractivity contribution < 1.29 is 4.43 Å². The molecule has 0 aliphatic rings. The third kappa shape index (κ3) is 32.2. The molecule has 0 spiro atoms. The van der Waals surface area contributed by atoms with Gasteiger partial charge in [0.15, 0.2) is 8.32 Å². The predicted molar refractivity (Wildman–Crippen MR) is 160 cm³/mol. The van der Waals surface area contributed by atoms with Gasteiger partial charge in [0, 0.05) is 6.61 Å². The molecule has 0 amide bonds. The Hall–Kier alpha value is 0.177. The summed E-state index contributed by atoms with van der Waals surface area (Å²) in [5.74, 6) is 0. The van der Waals surface area contributed by atoms with Gasteiger partial charge >= 0.3 is 0 Å². The van der Waals surface area contributed by atoms with Crippen LogP contribution >= 0.6 is 0 Å². The van der Waals surface area contributed by atoms with E-state index in [-0.39, 0.29) is 0 Å². The van der Waals surface area contributed by atoms with E-state index in [2.05, 4.69) is 26.6 Å². The van der Waals surface area contributed by atoms with Gasteiger partial charge in [-0.05, 0) is 26.1 Å². The van der Waals surface area contributed by atoms with Crippen molar-refractivity contribution in [3.63, 3.8) is 0 Å². The van der Waals surface area contributed by atoms with Gasteiger partial charge in [-0.25, -0.2) is 0 Å². The Balaban J connectivity index is 3.03. The number of unbranched alkanes of at least 4 members (excludes halogenated alkanes) is 26. The maximum Gasteiger partial charge on any atom is 0.183 e. The average Bonchev–Trinajstić information content (AvgIpc) is 2.80. The summed E-state index contributed by atoms with van der Waals surface area (Å²) in [6, 6.07) is 0. The van der Waals surface area contributed by atoms with Gasteiger partial charge in [0.1, 0.15) is 0 Å². The molecule has 0 N–H and O–H groups in total. The molecule has 0 fully saturated rings. The Morgan fingerprint density at radius 3 is 0.735 bits per heavy atom. The van der Waals surface area contributed by atoms with Crippen molar-refractivity contribution in [2.45, 2.75) is 200 Å². The second kappa shape index (κ2) is 27.8. The van der Waals surface area contributed by atoms with Gasteiger partial charge in [0.05, 0.1) is 0 Å². The van der Waals surface area contributed by atoms with E-state index in [1.54, 1.807) is 0 Å². The molecule has 0 aromatic carbocycles. The van der Waals surface area contributed by atoms with Crippen molar-refractivity contribution in [3.8, 4) is 0 Å². The number of rotatable bonds is 29. The van der Waals surface area contributed by atoms with Gasteiger partial charge in [0.25, 0.3) is 0 Å². The highest BCUT2D eigenvalue weighted by Crippen LogP contribution is 2.16. The summed E-state index contributed by atoms with van der Waals surface area (Å²) >= 11 is 0. The van der Waals surface area contributed by atoms with E-state index in [9.17, 15) is 0 Å². The van der Waals surface area contributed by atoms with Crippen LogP contribution in [0, 0.1) is 0 Å². The lowest BCUT2D eigenvalue weighted by Crippen LogP contribution is -2.25. The summed E-state index contributed by atoms with van der Waals surface area (Å²) in [6.07, 6.45) is 39.4. The molecule has 0 aliphatic carbocycles. The van der Waals surface area contributed by atoms with E-state index in [0.717, 1.165) is 6.61 Å². The minimum absolute atomic E-state index is 0.995. The van der Waals surface area contributed by atoms with Crippen molar-refractivity contribution in [2.24, 2.45) is 0 Å². The SMILES string of the molecule is CCCCCCCCCCCCCCCCCCCCCCCCCCCCCO[Si](C)(C)C. The molecule has 206 valence electrons. The van der Waals surface area contributed by atoms with Crippen LogP contribution in [-0.2, 0) is 4.43 Å². The van der Waals surface area contributed by atoms with Crippen LogP contribution in [0.3, 0.4) is 0 Å². The molecule has 0 heterocycles. The topological polar surface area (TPSA) is 9.23 Å². The minimum atomic E-state index is -1.28. The van der Waals surface area contributed by atoms with E-state index in [4.69, 9.17) is 4.43 Å². The van der Waals surface area contributed by atoms with Crippen molar-refractivity contribution >= 4 is 8.32 Å². The normalized spacial score (nSPS) is 12.0. The maximum atomic E-state index is 5.93. The Bertz CT molecular complexity index is 363. The van der Waals surface area contributed by atoms with Gasteiger partial charge in [-0.2, -0.15) is 0 Å². The molecular formula is C32H68OSi. The van der Waals surface area contributed by atoms with Gasteiger partial charge in [0.2, 0.25) is 0 Å². The lowest BCUT2D eigenvalue weighted by atomic mass is 10.0. The van der Waals surface area contributed by atoms with Gasteiger partial charge in [-0.3, -0.25) is 0 Å². The average molecular weight is 497 g/mol. The molecule has 0 radical (unpaired) electrons. The van der Waals surface area contributed by atoms with Crippen LogP contribution < -0.4 is 0 Å². The molecule has 0 unspecified atom stereocenters. The molecule has 0 aromatic heterocycles. The maximum absolute atomic E-state index is 5.93. The Labute approximate surface area is 219 Å². The fraction of sp³-hybridized carbons (Fsp3) is 1.00. The van der Waals surface area contributed by atoms with Crippen LogP contribution in [-0.4, -0.2) is 14.9 Å². The first-order chi connectivity index (χ1) is 16.6. The Kier molecular flexibility index (Phi) is 27.9. The van der Waals surface area contributed by atoms with E-state index in [1.165, 1.54) is 173 Å². The quantitative estimate of drug-likeness (QED) is 0.0738. The minimum Gasteiger partial charge on any atom is -0.418 e. The highest BCUT2D eigenvalue weighted by molar-refractivity contribution is 6.69. The van der Waals surface area contributed by atoms with Crippen LogP contribution in [0.1, 0.15) is 180 Å². The van der Waals surface area contributed by atoms with Crippen LogP contribution in [0.4, 0.5) is 0 Å². The molecule has 0 saturated carbocycles. The van der Waals surface area contributed by atoms with Crippen molar-refractivity contribution in [3.05, 3.63) is 0 Å². The summed E-state index contributed by atoms with van der Waals surface area (Å²) in [7, 11) is -1.28. The third-order valence-corrected chi connectivity index (χ3v) is 8.35. The zero-order chi connectivity index (χ0) is 25.0. The molecule has 1 nitrogen and oxygen atoms in total. The number of hydrogen-bond donors (Lipinski definition) is 0. The second-order valence-electron chi connectivity index (χ2n) is 12.2.